The highest BCUT2D eigenvalue weighted by atomic mass is 35.5. The molecule has 0 aromatic heterocycles. The van der Waals surface area contributed by atoms with Gasteiger partial charge in [0.05, 0.1) is 10.0 Å². The van der Waals surface area contributed by atoms with Gasteiger partial charge in [-0.05, 0) is 12.1 Å². The van der Waals surface area contributed by atoms with Gasteiger partial charge in [0.15, 0.2) is 0 Å². The van der Waals surface area contributed by atoms with E-state index in [1.165, 1.54) is 0 Å². The Kier molecular flexibility index (Phi) is 7.96. The van der Waals surface area contributed by atoms with E-state index >= 15 is 0 Å². The van der Waals surface area contributed by atoms with Crippen molar-refractivity contribution in [3.63, 3.8) is 0 Å². The molecule has 0 aliphatic carbocycles. The lowest BCUT2D eigenvalue weighted by atomic mass is 10.0. The van der Waals surface area contributed by atoms with Gasteiger partial charge in [0.2, 0.25) is 6.43 Å². The zero-order valence-electron chi connectivity index (χ0n) is 11.1. The first-order valence-electron chi connectivity index (χ1n) is 6.37. The Morgan fingerprint density at radius 1 is 1.10 bits per heavy atom. The zero-order valence-corrected chi connectivity index (χ0v) is 14.2. The molecule has 21 heavy (non-hydrogen) atoms. The molecule has 0 unspecified atom stereocenters. The third-order valence-corrected chi connectivity index (χ3v) is 4.55. The third-order valence-electron chi connectivity index (χ3n) is 3.41. The van der Waals surface area contributed by atoms with Crippen LogP contribution in [0.15, 0.2) is 12.1 Å². The smallest absolute Gasteiger partial charge is 0.240 e. The Labute approximate surface area is 144 Å². The minimum atomic E-state index is -2.43. The molecule has 1 N–H and O–H groups in total. The Morgan fingerprint density at radius 3 is 2.24 bits per heavy atom. The predicted molar refractivity (Wildman–Crippen MR) is 86.5 cm³/mol. The van der Waals surface area contributed by atoms with E-state index in [4.69, 9.17) is 34.8 Å². The van der Waals surface area contributed by atoms with Gasteiger partial charge in [0, 0.05) is 49.2 Å². The highest BCUT2D eigenvalue weighted by molar-refractivity contribution is 6.44. The molecule has 0 saturated carbocycles. The molecule has 1 saturated heterocycles. The van der Waals surface area contributed by atoms with Crippen molar-refractivity contribution in [1.29, 1.82) is 0 Å². The van der Waals surface area contributed by atoms with Crippen LogP contribution >= 0.6 is 47.2 Å². The van der Waals surface area contributed by atoms with Crippen molar-refractivity contribution in [2.45, 2.75) is 18.9 Å². The summed E-state index contributed by atoms with van der Waals surface area (Å²) in [7, 11) is 0. The summed E-state index contributed by atoms with van der Waals surface area (Å²) in [6.45, 7) is 2.87. The standard InChI is InChI=1S/C13H15Cl3F2N2.ClH/c14-8-1-2-9(15)13(16)12(8)10(7-11(17)18)20-5-3-19-4-6-20;/h1-2,10-11,19H,3-7H2;1H/t10-;/m1./s1. The number of halogens is 6. The minimum Gasteiger partial charge on any atom is -0.314 e. The molecule has 1 heterocycles. The average Bonchev–Trinajstić information content (AvgIpc) is 2.43. The SMILES string of the molecule is Cl.FC(F)C[C@H](c1c(Cl)ccc(Cl)c1Cl)N1CCNCC1. The molecule has 2 rings (SSSR count). The molecule has 2 nitrogen and oxygen atoms in total. The molecule has 1 aromatic carbocycles. The Hall–Kier alpha value is 0.160. The lowest BCUT2D eigenvalue weighted by Crippen LogP contribution is -2.45. The lowest BCUT2D eigenvalue weighted by Gasteiger charge is -2.36. The fourth-order valence-electron chi connectivity index (χ4n) is 2.46. The number of hydrogen-bond donors (Lipinski definition) is 1. The second-order valence-electron chi connectivity index (χ2n) is 4.69. The zero-order chi connectivity index (χ0) is 14.7. The van der Waals surface area contributed by atoms with Crippen LogP contribution in [0.25, 0.3) is 0 Å². The van der Waals surface area contributed by atoms with E-state index in [9.17, 15) is 8.78 Å². The number of piperazine rings is 1. The van der Waals surface area contributed by atoms with Crippen LogP contribution in [0.5, 0.6) is 0 Å². The van der Waals surface area contributed by atoms with Crippen LogP contribution < -0.4 is 5.32 Å². The largest absolute Gasteiger partial charge is 0.314 e. The molecule has 1 aromatic rings. The van der Waals surface area contributed by atoms with Crippen molar-refractivity contribution >= 4 is 47.2 Å². The molecule has 1 aliphatic rings. The number of hydrogen-bond acceptors (Lipinski definition) is 2. The third kappa shape index (κ3) is 4.81. The van der Waals surface area contributed by atoms with Crippen LogP contribution in [0.4, 0.5) is 8.78 Å². The summed E-state index contributed by atoms with van der Waals surface area (Å²) in [4.78, 5) is 1.98. The highest BCUT2D eigenvalue weighted by Gasteiger charge is 2.29. The van der Waals surface area contributed by atoms with Gasteiger partial charge in [-0.1, -0.05) is 34.8 Å². The van der Waals surface area contributed by atoms with Crippen LogP contribution in [-0.4, -0.2) is 37.5 Å². The van der Waals surface area contributed by atoms with Crippen molar-refractivity contribution in [2.75, 3.05) is 26.2 Å². The van der Waals surface area contributed by atoms with E-state index in [0.717, 1.165) is 13.1 Å². The fraction of sp³-hybridized carbons (Fsp3) is 0.538. The average molecular weight is 380 g/mol. The van der Waals surface area contributed by atoms with Crippen LogP contribution in [0.2, 0.25) is 15.1 Å². The number of nitrogens with one attached hydrogen (secondary N) is 1. The minimum absolute atomic E-state index is 0. The molecule has 0 amide bonds. The molecule has 0 radical (unpaired) electrons. The molecule has 0 bridgehead atoms. The quantitative estimate of drug-likeness (QED) is 0.764. The molecule has 0 spiro atoms. The van der Waals surface area contributed by atoms with Gasteiger partial charge >= 0.3 is 0 Å². The summed E-state index contributed by atoms with van der Waals surface area (Å²) in [5, 5.41) is 4.17. The topological polar surface area (TPSA) is 15.3 Å². The second kappa shape index (κ2) is 8.70. The maximum atomic E-state index is 12.9. The highest BCUT2D eigenvalue weighted by Crippen LogP contribution is 2.40. The van der Waals surface area contributed by atoms with Crippen molar-refractivity contribution in [2.24, 2.45) is 0 Å². The van der Waals surface area contributed by atoms with Gasteiger partial charge in [0.1, 0.15) is 0 Å². The van der Waals surface area contributed by atoms with E-state index in [1.807, 2.05) is 4.90 Å². The molecule has 120 valence electrons. The first-order valence-corrected chi connectivity index (χ1v) is 7.50. The Bertz CT molecular complexity index is 468. The normalized spacial score (nSPS) is 17.6. The van der Waals surface area contributed by atoms with Crippen LogP contribution in [-0.2, 0) is 0 Å². The van der Waals surface area contributed by atoms with Crippen molar-refractivity contribution in [1.82, 2.24) is 10.2 Å². The van der Waals surface area contributed by atoms with E-state index in [0.29, 0.717) is 28.7 Å². The fourth-order valence-corrected chi connectivity index (χ4v) is 3.25. The lowest BCUT2D eigenvalue weighted by molar-refractivity contribution is 0.0740. The van der Waals surface area contributed by atoms with Crippen molar-refractivity contribution in [3.8, 4) is 0 Å². The van der Waals surface area contributed by atoms with E-state index in [2.05, 4.69) is 5.32 Å². The summed E-state index contributed by atoms with van der Waals surface area (Å²) in [5.41, 5.74) is 0.503. The van der Waals surface area contributed by atoms with Crippen LogP contribution in [0, 0.1) is 0 Å². The summed E-state index contributed by atoms with van der Waals surface area (Å²) < 4.78 is 25.9. The maximum absolute atomic E-state index is 12.9. The molecular formula is C13H16Cl4F2N2. The van der Waals surface area contributed by atoms with Gasteiger partial charge in [0.25, 0.3) is 0 Å². The van der Waals surface area contributed by atoms with E-state index in [-0.39, 0.29) is 23.9 Å². The molecular weight excluding hydrogens is 364 g/mol. The van der Waals surface area contributed by atoms with E-state index in [1.54, 1.807) is 12.1 Å². The summed E-state index contributed by atoms with van der Waals surface area (Å²) in [5.74, 6) is 0. The predicted octanol–water partition coefficient (Wildman–Crippen LogP) is 4.67. The van der Waals surface area contributed by atoms with Gasteiger partial charge in [-0.15, -0.1) is 12.4 Å². The van der Waals surface area contributed by atoms with Gasteiger partial charge < -0.3 is 5.32 Å². The van der Waals surface area contributed by atoms with Gasteiger partial charge in [-0.25, -0.2) is 8.78 Å². The van der Waals surface area contributed by atoms with Crippen LogP contribution in [0.3, 0.4) is 0 Å². The molecule has 8 heteroatoms. The first-order chi connectivity index (χ1) is 9.50. The second-order valence-corrected chi connectivity index (χ2v) is 5.88. The Balaban J connectivity index is 0.00000220. The van der Waals surface area contributed by atoms with Crippen molar-refractivity contribution in [3.05, 3.63) is 32.8 Å². The number of rotatable bonds is 4. The number of nitrogens with zero attached hydrogens (tertiary/aromatic N) is 1. The van der Waals surface area contributed by atoms with Gasteiger partial charge in [-0.2, -0.15) is 0 Å². The van der Waals surface area contributed by atoms with Gasteiger partial charge in [-0.3, -0.25) is 4.90 Å². The monoisotopic (exact) mass is 378 g/mol. The maximum Gasteiger partial charge on any atom is 0.240 e. The van der Waals surface area contributed by atoms with E-state index < -0.39 is 12.5 Å². The summed E-state index contributed by atoms with van der Waals surface area (Å²) in [6, 6.07) is 2.66. The summed E-state index contributed by atoms with van der Waals surface area (Å²) in [6.07, 6.45) is -2.74. The van der Waals surface area contributed by atoms with Crippen LogP contribution in [0.1, 0.15) is 18.0 Å². The number of benzene rings is 1. The molecule has 1 aliphatic heterocycles. The van der Waals surface area contributed by atoms with Crippen molar-refractivity contribution < 1.29 is 8.78 Å². The number of alkyl halides is 2. The Morgan fingerprint density at radius 2 is 1.67 bits per heavy atom. The molecule has 1 fully saturated rings. The summed E-state index contributed by atoms with van der Waals surface area (Å²) >= 11 is 18.4. The first kappa shape index (κ1) is 19.2. The molecule has 1 atom stereocenters.